The van der Waals surface area contributed by atoms with Gasteiger partial charge in [-0.1, -0.05) is 0 Å². The van der Waals surface area contributed by atoms with E-state index in [0.29, 0.717) is 5.16 Å². The summed E-state index contributed by atoms with van der Waals surface area (Å²) in [5, 5.41) is 10.3. The minimum atomic E-state index is 0.597. The zero-order chi connectivity index (χ0) is 10.1. The molecule has 1 aliphatic heterocycles. The first kappa shape index (κ1) is 9.14. The highest BCUT2D eigenvalue weighted by atomic mass is 32.1. The van der Waals surface area contributed by atoms with Crippen LogP contribution in [0.25, 0.3) is 5.70 Å². The van der Waals surface area contributed by atoms with Crippen LogP contribution in [0, 0.1) is 0 Å². The smallest absolute Gasteiger partial charge is 0.188 e. The van der Waals surface area contributed by atoms with Crippen LogP contribution >= 0.6 is 12.6 Å². The number of nitrogens with zero attached hydrogens (tertiary/aromatic N) is 4. The van der Waals surface area contributed by atoms with Gasteiger partial charge in [0.2, 0.25) is 0 Å². The van der Waals surface area contributed by atoms with Crippen molar-refractivity contribution in [1.29, 1.82) is 0 Å². The van der Waals surface area contributed by atoms with Crippen molar-refractivity contribution in [3.05, 3.63) is 24.2 Å². The van der Waals surface area contributed by atoms with Gasteiger partial charge in [-0.05, 0) is 12.2 Å². The largest absolute Gasteiger partial charge is 0.304 e. The van der Waals surface area contributed by atoms with Gasteiger partial charge in [0.25, 0.3) is 0 Å². The van der Waals surface area contributed by atoms with Crippen molar-refractivity contribution in [2.24, 2.45) is 7.05 Å². The number of allylic oxidation sites excluding steroid dienone is 2. The van der Waals surface area contributed by atoms with Crippen molar-refractivity contribution in [3.63, 3.8) is 0 Å². The SMILES string of the molecule is CN1C=CC=C(c2nnc(S)n2C)N1. The number of hydrogen-bond acceptors (Lipinski definition) is 5. The average Bonchev–Trinajstić information content (AvgIpc) is 2.48. The predicted octanol–water partition coefficient (Wildman–Crippen LogP) is 0.408. The highest BCUT2D eigenvalue weighted by Crippen LogP contribution is 2.14. The van der Waals surface area contributed by atoms with E-state index >= 15 is 0 Å². The van der Waals surface area contributed by atoms with Gasteiger partial charge in [-0.3, -0.25) is 10.4 Å². The van der Waals surface area contributed by atoms with Gasteiger partial charge in [0.1, 0.15) is 0 Å². The first-order chi connectivity index (χ1) is 6.68. The zero-order valence-corrected chi connectivity index (χ0v) is 8.86. The molecule has 5 nitrogen and oxygen atoms in total. The third-order valence-corrected chi connectivity index (χ3v) is 2.35. The maximum Gasteiger partial charge on any atom is 0.188 e. The average molecular weight is 209 g/mol. The molecule has 1 aromatic rings. The second-order valence-corrected chi connectivity index (χ2v) is 3.43. The fourth-order valence-electron chi connectivity index (χ4n) is 1.21. The number of aromatic nitrogens is 3. The van der Waals surface area contributed by atoms with Crippen LogP contribution < -0.4 is 5.43 Å². The van der Waals surface area contributed by atoms with E-state index in [2.05, 4.69) is 28.3 Å². The molecule has 1 aromatic heterocycles. The van der Waals surface area contributed by atoms with Crippen molar-refractivity contribution in [1.82, 2.24) is 25.2 Å². The molecule has 2 rings (SSSR count). The Kier molecular flexibility index (Phi) is 2.20. The van der Waals surface area contributed by atoms with Gasteiger partial charge in [0, 0.05) is 20.3 Å². The predicted molar refractivity (Wildman–Crippen MR) is 56.3 cm³/mol. The molecule has 0 fully saturated rings. The van der Waals surface area contributed by atoms with E-state index in [9.17, 15) is 0 Å². The molecule has 74 valence electrons. The first-order valence-electron chi connectivity index (χ1n) is 4.15. The van der Waals surface area contributed by atoms with E-state index in [1.54, 1.807) is 0 Å². The Bertz CT molecular complexity index is 406. The lowest BCUT2D eigenvalue weighted by molar-refractivity contribution is 0.391. The van der Waals surface area contributed by atoms with Crippen LogP contribution in [-0.2, 0) is 7.05 Å². The standard InChI is InChI=1S/C8H11N5S/c1-12-5-3-4-6(11-12)7-9-10-8(14)13(7)2/h3-5,11H,1-2H3,(H,10,14). The molecule has 0 saturated heterocycles. The Hall–Kier alpha value is -1.43. The summed E-state index contributed by atoms with van der Waals surface area (Å²) in [7, 11) is 3.79. The van der Waals surface area contributed by atoms with Crippen molar-refractivity contribution < 1.29 is 0 Å². The summed E-state index contributed by atoms with van der Waals surface area (Å²) in [5.41, 5.74) is 4.04. The summed E-state index contributed by atoms with van der Waals surface area (Å²) in [6.45, 7) is 0. The molecule has 0 bridgehead atoms. The number of rotatable bonds is 1. The van der Waals surface area contributed by atoms with Gasteiger partial charge >= 0.3 is 0 Å². The summed E-state index contributed by atoms with van der Waals surface area (Å²) < 4.78 is 1.81. The Labute approximate surface area is 87.5 Å². The topological polar surface area (TPSA) is 46.0 Å². The lowest BCUT2D eigenvalue weighted by Crippen LogP contribution is -2.30. The number of hydrogen-bond donors (Lipinski definition) is 2. The van der Waals surface area contributed by atoms with Crippen molar-refractivity contribution >= 4 is 18.3 Å². The fourth-order valence-corrected chi connectivity index (χ4v) is 1.35. The minimum absolute atomic E-state index is 0.597. The van der Waals surface area contributed by atoms with E-state index in [-0.39, 0.29) is 0 Å². The number of nitrogens with one attached hydrogen (secondary N) is 1. The van der Waals surface area contributed by atoms with Crippen LogP contribution in [0.5, 0.6) is 0 Å². The van der Waals surface area contributed by atoms with Gasteiger partial charge in [0.05, 0.1) is 5.70 Å². The second kappa shape index (κ2) is 3.38. The highest BCUT2D eigenvalue weighted by molar-refractivity contribution is 7.80. The minimum Gasteiger partial charge on any atom is -0.304 e. The quantitative estimate of drug-likeness (QED) is 0.658. The Morgan fingerprint density at radius 1 is 1.36 bits per heavy atom. The summed E-state index contributed by atoms with van der Waals surface area (Å²) in [6, 6.07) is 0. The molecule has 6 heteroatoms. The number of thiol groups is 1. The van der Waals surface area contributed by atoms with Crippen molar-refractivity contribution in [2.75, 3.05) is 7.05 Å². The molecule has 0 spiro atoms. The third kappa shape index (κ3) is 1.48. The van der Waals surface area contributed by atoms with Gasteiger partial charge < -0.3 is 4.57 Å². The molecule has 0 aliphatic carbocycles. The molecule has 2 heterocycles. The summed E-state index contributed by atoms with van der Waals surface area (Å²) in [6.07, 6.45) is 5.80. The normalized spacial score (nSPS) is 15.4. The Balaban J connectivity index is 2.36. The monoisotopic (exact) mass is 209 g/mol. The molecule has 0 amide bonds. The maximum absolute atomic E-state index is 4.16. The van der Waals surface area contributed by atoms with E-state index < -0.39 is 0 Å². The van der Waals surface area contributed by atoms with E-state index in [4.69, 9.17) is 0 Å². The van der Waals surface area contributed by atoms with Crippen LogP contribution in [0.4, 0.5) is 0 Å². The second-order valence-electron chi connectivity index (χ2n) is 3.03. The van der Waals surface area contributed by atoms with Crippen LogP contribution in [0.15, 0.2) is 23.5 Å². The van der Waals surface area contributed by atoms with Crippen LogP contribution in [-0.4, -0.2) is 26.8 Å². The summed E-state index contributed by atoms with van der Waals surface area (Å²) in [4.78, 5) is 0. The zero-order valence-electron chi connectivity index (χ0n) is 7.97. The molecular formula is C8H11N5S. The Morgan fingerprint density at radius 3 is 2.71 bits per heavy atom. The van der Waals surface area contributed by atoms with Crippen molar-refractivity contribution in [3.8, 4) is 0 Å². The molecule has 1 aliphatic rings. The fraction of sp³-hybridized carbons (Fsp3) is 0.250. The highest BCUT2D eigenvalue weighted by Gasteiger charge is 2.12. The van der Waals surface area contributed by atoms with Crippen LogP contribution in [0.1, 0.15) is 5.82 Å². The maximum atomic E-state index is 4.16. The molecule has 0 atom stereocenters. The van der Waals surface area contributed by atoms with Gasteiger partial charge in [-0.15, -0.1) is 22.8 Å². The lowest BCUT2D eigenvalue weighted by atomic mass is 10.3. The van der Waals surface area contributed by atoms with E-state index in [1.807, 2.05) is 42.0 Å². The molecule has 0 aromatic carbocycles. The molecule has 14 heavy (non-hydrogen) atoms. The van der Waals surface area contributed by atoms with E-state index in [1.165, 1.54) is 0 Å². The molecular weight excluding hydrogens is 198 g/mol. The van der Waals surface area contributed by atoms with Crippen molar-refractivity contribution in [2.45, 2.75) is 5.16 Å². The number of hydrazine groups is 1. The summed E-state index contributed by atoms with van der Waals surface area (Å²) in [5.74, 6) is 0.770. The first-order valence-corrected chi connectivity index (χ1v) is 4.60. The Morgan fingerprint density at radius 2 is 2.14 bits per heavy atom. The molecule has 0 unspecified atom stereocenters. The molecule has 0 radical (unpaired) electrons. The van der Waals surface area contributed by atoms with Crippen LogP contribution in [0.3, 0.4) is 0 Å². The van der Waals surface area contributed by atoms with E-state index in [0.717, 1.165) is 11.5 Å². The lowest BCUT2D eigenvalue weighted by Gasteiger charge is -2.21. The van der Waals surface area contributed by atoms with Gasteiger partial charge in [0.15, 0.2) is 11.0 Å². The van der Waals surface area contributed by atoms with Crippen LogP contribution in [0.2, 0.25) is 0 Å². The third-order valence-electron chi connectivity index (χ3n) is 1.96. The van der Waals surface area contributed by atoms with Gasteiger partial charge in [-0.25, -0.2) is 0 Å². The van der Waals surface area contributed by atoms with Gasteiger partial charge in [-0.2, -0.15) is 0 Å². The molecule has 1 N–H and O–H groups in total. The molecule has 0 saturated carbocycles. The summed E-state index contributed by atoms with van der Waals surface area (Å²) >= 11 is 4.16.